The number of thiazole rings is 1. The summed E-state index contributed by atoms with van der Waals surface area (Å²) in [4.78, 5) is 15.4. The van der Waals surface area contributed by atoms with E-state index in [0.717, 1.165) is 16.4 Å². The molecule has 0 unspecified atom stereocenters. The maximum Gasteiger partial charge on any atom is 0.305 e. The number of aromatic nitrogens is 1. The molecule has 1 aromatic heterocycles. The number of benzene rings is 1. The minimum absolute atomic E-state index is 0.237. The van der Waals surface area contributed by atoms with Gasteiger partial charge in [0.25, 0.3) is 0 Å². The molecule has 0 radical (unpaired) electrons. The van der Waals surface area contributed by atoms with Crippen LogP contribution >= 0.6 is 11.3 Å². The maximum atomic E-state index is 12.8. The minimum atomic E-state index is -0.243. The second-order valence-electron chi connectivity index (χ2n) is 4.20. The first kappa shape index (κ1) is 14.5. The molecule has 0 aliphatic heterocycles. The Morgan fingerprint density at radius 2 is 2.15 bits per heavy atom. The van der Waals surface area contributed by atoms with Gasteiger partial charge in [-0.05, 0) is 17.7 Å². The Balaban J connectivity index is 1.83. The van der Waals surface area contributed by atoms with Crippen molar-refractivity contribution in [3.63, 3.8) is 0 Å². The van der Waals surface area contributed by atoms with Crippen LogP contribution in [0.4, 0.5) is 9.52 Å². The molecular formula is C14H15FN2O2S. The summed E-state index contributed by atoms with van der Waals surface area (Å²) in [5.41, 5.74) is 1.85. The highest BCUT2D eigenvalue weighted by Gasteiger charge is 2.05. The molecule has 20 heavy (non-hydrogen) atoms. The summed E-state index contributed by atoms with van der Waals surface area (Å²) in [6.45, 7) is 0.588. The zero-order valence-electron chi connectivity index (χ0n) is 11.1. The Kier molecular flexibility index (Phi) is 5.06. The van der Waals surface area contributed by atoms with Crippen LogP contribution in [0.15, 0.2) is 29.6 Å². The van der Waals surface area contributed by atoms with E-state index in [2.05, 4.69) is 15.0 Å². The molecule has 1 heterocycles. The Bertz CT molecular complexity index is 569. The summed E-state index contributed by atoms with van der Waals surface area (Å²) in [5.74, 6) is -0.480. The van der Waals surface area contributed by atoms with Crippen LogP contribution < -0.4 is 5.32 Å². The number of carbonyl (C=O) groups is 1. The standard InChI is InChI=1S/C14H15FN2O2S/c1-19-13(18)7-6-12-9-20-14(17-12)16-8-10-2-4-11(15)5-3-10/h2-5,9H,6-8H2,1H3,(H,16,17). The van der Waals surface area contributed by atoms with Crippen molar-refractivity contribution >= 4 is 22.4 Å². The molecule has 2 rings (SSSR count). The smallest absolute Gasteiger partial charge is 0.305 e. The van der Waals surface area contributed by atoms with Gasteiger partial charge in [-0.3, -0.25) is 4.79 Å². The number of rotatable bonds is 6. The Hall–Kier alpha value is -1.95. The molecule has 2 aromatic rings. The zero-order valence-corrected chi connectivity index (χ0v) is 11.9. The van der Waals surface area contributed by atoms with Gasteiger partial charge in [0, 0.05) is 18.3 Å². The van der Waals surface area contributed by atoms with E-state index in [1.165, 1.54) is 30.6 Å². The van der Waals surface area contributed by atoms with Crippen molar-refractivity contribution in [2.45, 2.75) is 19.4 Å². The van der Waals surface area contributed by atoms with E-state index in [-0.39, 0.29) is 11.8 Å². The van der Waals surface area contributed by atoms with Crippen LogP contribution in [0.25, 0.3) is 0 Å². The van der Waals surface area contributed by atoms with E-state index < -0.39 is 0 Å². The number of hydrogen-bond donors (Lipinski definition) is 1. The normalized spacial score (nSPS) is 10.3. The molecule has 0 aliphatic rings. The monoisotopic (exact) mass is 294 g/mol. The molecule has 106 valence electrons. The molecule has 0 atom stereocenters. The summed E-state index contributed by atoms with van der Waals surface area (Å²) < 4.78 is 17.3. The number of nitrogens with one attached hydrogen (secondary N) is 1. The molecule has 1 aromatic carbocycles. The summed E-state index contributed by atoms with van der Waals surface area (Å²) in [6, 6.07) is 6.32. The number of nitrogens with zero attached hydrogens (tertiary/aromatic N) is 1. The topological polar surface area (TPSA) is 51.2 Å². The Morgan fingerprint density at radius 3 is 2.85 bits per heavy atom. The molecule has 4 nitrogen and oxygen atoms in total. The number of aryl methyl sites for hydroxylation is 1. The van der Waals surface area contributed by atoms with Gasteiger partial charge in [0.05, 0.1) is 19.2 Å². The van der Waals surface area contributed by atoms with Crippen molar-refractivity contribution in [1.29, 1.82) is 0 Å². The van der Waals surface area contributed by atoms with E-state index in [0.29, 0.717) is 19.4 Å². The first-order valence-corrected chi connectivity index (χ1v) is 7.05. The van der Waals surface area contributed by atoms with Gasteiger partial charge < -0.3 is 10.1 Å². The van der Waals surface area contributed by atoms with Crippen LogP contribution in [0, 0.1) is 5.82 Å². The Morgan fingerprint density at radius 1 is 1.40 bits per heavy atom. The lowest BCUT2D eigenvalue weighted by atomic mass is 10.2. The molecule has 6 heteroatoms. The fourth-order valence-corrected chi connectivity index (χ4v) is 2.36. The quantitative estimate of drug-likeness (QED) is 0.832. The first-order valence-electron chi connectivity index (χ1n) is 6.17. The summed E-state index contributed by atoms with van der Waals surface area (Å²) in [6.07, 6.45) is 0.902. The SMILES string of the molecule is COC(=O)CCc1csc(NCc2ccc(F)cc2)n1. The van der Waals surface area contributed by atoms with Crippen LogP contribution in [0.3, 0.4) is 0 Å². The van der Waals surface area contributed by atoms with Gasteiger partial charge in [0.2, 0.25) is 0 Å². The molecule has 0 amide bonds. The predicted octanol–water partition coefficient (Wildman–Crippen LogP) is 3.00. The summed E-state index contributed by atoms with van der Waals surface area (Å²) >= 11 is 1.48. The molecule has 0 saturated heterocycles. The minimum Gasteiger partial charge on any atom is -0.469 e. The van der Waals surface area contributed by atoms with Gasteiger partial charge in [-0.2, -0.15) is 0 Å². The third kappa shape index (κ3) is 4.31. The second-order valence-corrected chi connectivity index (χ2v) is 5.06. The third-order valence-corrected chi connectivity index (χ3v) is 3.57. The van der Waals surface area contributed by atoms with Gasteiger partial charge in [0.1, 0.15) is 5.82 Å². The van der Waals surface area contributed by atoms with Gasteiger partial charge in [0.15, 0.2) is 5.13 Å². The molecule has 0 saturated carbocycles. The average Bonchev–Trinajstić information content (AvgIpc) is 2.92. The van der Waals surface area contributed by atoms with E-state index in [1.807, 2.05) is 5.38 Å². The Labute approximate surface area is 120 Å². The molecular weight excluding hydrogens is 279 g/mol. The fourth-order valence-electron chi connectivity index (χ4n) is 1.62. The molecule has 0 bridgehead atoms. The van der Waals surface area contributed by atoms with Crippen molar-refractivity contribution in [3.05, 3.63) is 46.7 Å². The highest BCUT2D eigenvalue weighted by Crippen LogP contribution is 2.17. The second kappa shape index (κ2) is 7.00. The van der Waals surface area contributed by atoms with Crippen LogP contribution in [-0.4, -0.2) is 18.1 Å². The number of carbonyl (C=O) groups excluding carboxylic acids is 1. The number of hydrogen-bond acceptors (Lipinski definition) is 5. The van der Waals surface area contributed by atoms with Gasteiger partial charge in [-0.1, -0.05) is 12.1 Å². The molecule has 0 fully saturated rings. The highest BCUT2D eigenvalue weighted by atomic mass is 32.1. The van der Waals surface area contributed by atoms with Crippen molar-refractivity contribution in [3.8, 4) is 0 Å². The number of halogens is 1. The summed E-state index contributed by atoms with van der Waals surface area (Å²) in [5, 5.41) is 5.87. The predicted molar refractivity (Wildman–Crippen MR) is 76.2 cm³/mol. The van der Waals surface area contributed by atoms with Crippen LogP contribution in [0.5, 0.6) is 0 Å². The fraction of sp³-hybridized carbons (Fsp3) is 0.286. The number of anilines is 1. The maximum absolute atomic E-state index is 12.8. The number of esters is 1. The average molecular weight is 294 g/mol. The molecule has 1 N–H and O–H groups in total. The lowest BCUT2D eigenvalue weighted by molar-refractivity contribution is -0.140. The van der Waals surface area contributed by atoms with Gasteiger partial charge >= 0.3 is 5.97 Å². The zero-order chi connectivity index (χ0) is 14.4. The lowest BCUT2D eigenvalue weighted by Gasteiger charge is -2.02. The van der Waals surface area contributed by atoms with Crippen molar-refractivity contribution in [1.82, 2.24) is 4.98 Å². The van der Waals surface area contributed by atoms with Crippen LogP contribution in [0.2, 0.25) is 0 Å². The van der Waals surface area contributed by atoms with E-state index >= 15 is 0 Å². The van der Waals surface area contributed by atoms with Crippen molar-refractivity contribution in [2.75, 3.05) is 12.4 Å². The van der Waals surface area contributed by atoms with E-state index in [1.54, 1.807) is 12.1 Å². The number of methoxy groups -OCH3 is 1. The van der Waals surface area contributed by atoms with Gasteiger partial charge in [-0.15, -0.1) is 11.3 Å². The van der Waals surface area contributed by atoms with E-state index in [9.17, 15) is 9.18 Å². The van der Waals surface area contributed by atoms with Crippen LogP contribution in [0.1, 0.15) is 17.7 Å². The molecule has 0 spiro atoms. The lowest BCUT2D eigenvalue weighted by Crippen LogP contribution is -2.02. The van der Waals surface area contributed by atoms with Gasteiger partial charge in [-0.25, -0.2) is 9.37 Å². The third-order valence-electron chi connectivity index (χ3n) is 2.72. The van der Waals surface area contributed by atoms with Crippen molar-refractivity contribution < 1.29 is 13.9 Å². The first-order chi connectivity index (χ1) is 9.67. The van der Waals surface area contributed by atoms with Crippen molar-refractivity contribution in [2.24, 2.45) is 0 Å². The summed E-state index contributed by atoms with van der Waals surface area (Å²) in [7, 11) is 1.37. The highest BCUT2D eigenvalue weighted by molar-refractivity contribution is 7.13. The molecule has 0 aliphatic carbocycles. The van der Waals surface area contributed by atoms with E-state index in [4.69, 9.17) is 0 Å². The number of ether oxygens (including phenoxy) is 1. The largest absolute Gasteiger partial charge is 0.469 e. The van der Waals surface area contributed by atoms with Crippen LogP contribution in [-0.2, 0) is 22.5 Å².